The number of ether oxygens (including phenoxy) is 13. The van der Waals surface area contributed by atoms with Gasteiger partial charge in [-0.25, -0.2) is 33.6 Å². The topological polar surface area (TPSA) is 286 Å². The molecule has 0 amide bonds. The number of hydrogen-bond acceptors (Lipinski definition) is 26. The second kappa shape index (κ2) is 49.9. The van der Waals surface area contributed by atoms with E-state index < -0.39 is 140 Å². The molecule has 21 unspecified atom stereocenters. The van der Waals surface area contributed by atoms with E-state index in [1.165, 1.54) is 0 Å². The van der Waals surface area contributed by atoms with Crippen molar-refractivity contribution in [2.24, 2.45) is 0 Å². The van der Waals surface area contributed by atoms with Crippen molar-refractivity contribution in [2.45, 2.75) is 226 Å². The van der Waals surface area contributed by atoms with Crippen LogP contribution in [0.1, 0.15) is 139 Å². The van der Waals surface area contributed by atoms with Crippen LogP contribution in [0.2, 0.25) is 19.6 Å². The van der Waals surface area contributed by atoms with Gasteiger partial charge in [-0.15, -0.1) is 0 Å². The van der Waals surface area contributed by atoms with E-state index in [9.17, 15) is 42.9 Å². The average molecular weight is 1910 g/mol. The largest absolute Gasteiger partial charge is 0.456 e. The third-order valence-corrected chi connectivity index (χ3v) is 27.9. The van der Waals surface area contributed by atoms with Gasteiger partial charge < -0.3 is 71.1 Å². The standard InChI is InChI=1S/C39H38O9S.C26H24O6S.C22H28O4SSi.C19H20O4S/c1-25-36(48-39(42)29-19-11-5-12-20-29)31(45-37(40)27-15-7-3-8-16-27)23-33(43-25)47-35-26(2)44-34(49-30-21-13-6-14-22-30)24-32(35)46-38(41)28-17-9-4-10-18-28;1-18-24(32-26(28)20-13-7-3-8-14-20)22(31-25(27)19-11-5-2-6-12-19)17-23(30-18)33(29)21-15-9-4-10-16-21;1-16-21(26-28(2,3)4)19(25-22(23)17-11-7-5-8-12-17)15-20(24-16)27-18-13-9-6-10-14-18;1-13-18(20)16(23-19(21)14-8-4-2-5-9-14)12-17(22-13)24-15-10-6-3-7-11-15/h3-22,25-26,31-36H,23-24H2,1-2H3;2-16,18,22-24H,17H2,1H3;5-14,16,19-21H,15H2,1-4H3;2-11,13,16-18,20H,12H2,1H3. The molecule has 11 aromatic rings. The number of aliphatic hydroxyl groups excluding tert-OH is 1. The Morgan fingerprint density at radius 3 is 0.866 bits per heavy atom. The van der Waals surface area contributed by atoms with E-state index in [1.54, 1.807) is 262 Å². The first-order valence-electron chi connectivity index (χ1n) is 44.5. The third-order valence-electron chi connectivity index (χ3n) is 22.0. The summed E-state index contributed by atoms with van der Waals surface area (Å²) in [6.07, 6.45) is -8.64. The molecule has 5 aliphatic rings. The van der Waals surface area contributed by atoms with Crippen molar-refractivity contribution in [3.63, 3.8) is 0 Å². The highest BCUT2D eigenvalue weighted by Gasteiger charge is 2.49. The van der Waals surface area contributed by atoms with Gasteiger partial charge >= 0.3 is 41.8 Å². The fraction of sp³-hybridized carbons (Fsp3) is 0.311. The molecule has 5 fully saturated rings. The average Bonchev–Trinajstić information content (AvgIpc) is 0.825. The van der Waals surface area contributed by atoms with Crippen molar-refractivity contribution in [3.8, 4) is 0 Å². The smallest absolute Gasteiger partial charge is 0.338 e. The molecule has 0 saturated carbocycles. The van der Waals surface area contributed by atoms with E-state index >= 15 is 0 Å². The van der Waals surface area contributed by atoms with Gasteiger partial charge in [-0.1, -0.05) is 235 Å². The van der Waals surface area contributed by atoms with Crippen LogP contribution in [0.25, 0.3) is 0 Å². The molecule has 1 N–H and O–H groups in total. The lowest BCUT2D eigenvalue weighted by molar-refractivity contribution is -0.288. The van der Waals surface area contributed by atoms with E-state index in [4.69, 9.17) is 66.0 Å². The van der Waals surface area contributed by atoms with Gasteiger partial charge in [0.1, 0.15) is 70.6 Å². The summed E-state index contributed by atoms with van der Waals surface area (Å²) in [6.45, 7) is 15.6. The summed E-state index contributed by atoms with van der Waals surface area (Å²) in [5, 5.41) is 10.3. The summed E-state index contributed by atoms with van der Waals surface area (Å²) in [7, 11) is -3.32. The fourth-order valence-electron chi connectivity index (χ4n) is 15.4. The van der Waals surface area contributed by atoms with Crippen LogP contribution in [0.4, 0.5) is 0 Å². The molecule has 0 spiro atoms. The van der Waals surface area contributed by atoms with Crippen molar-refractivity contribution in [2.75, 3.05) is 0 Å². The first-order valence-corrected chi connectivity index (χ1v) is 51.8. The highest BCUT2D eigenvalue weighted by atomic mass is 32.2. The molecule has 5 saturated heterocycles. The predicted octanol–water partition coefficient (Wildman–Crippen LogP) is 20.4. The Labute approximate surface area is 797 Å². The van der Waals surface area contributed by atoms with Crippen LogP contribution in [0.3, 0.4) is 0 Å². The summed E-state index contributed by atoms with van der Waals surface area (Å²) < 4.78 is 97.8. The first-order chi connectivity index (χ1) is 64.8. The van der Waals surface area contributed by atoms with Gasteiger partial charge in [-0.2, -0.15) is 0 Å². The third kappa shape index (κ3) is 29.7. The molecule has 5 aliphatic heterocycles. The molecule has 5 heterocycles. The second-order valence-electron chi connectivity index (χ2n) is 33.2. The van der Waals surface area contributed by atoms with Gasteiger partial charge in [0.05, 0.1) is 80.3 Å². The highest BCUT2D eigenvalue weighted by Crippen LogP contribution is 2.41. The zero-order chi connectivity index (χ0) is 94.5. The Bertz CT molecular complexity index is 5530. The highest BCUT2D eigenvalue weighted by molar-refractivity contribution is 8.00. The van der Waals surface area contributed by atoms with Gasteiger partial charge in [-0.3, -0.25) is 4.21 Å². The normalized spacial score (nSPS) is 25.6. The molecule has 11 aromatic carbocycles. The number of hydrogen-bond donors (Lipinski definition) is 1. The van der Waals surface area contributed by atoms with Gasteiger partial charge in [0, 0.05) is 51.7 Å². The molecule has 23 nitrogen and oxygen atoms in total. The van der Waals surface area contributed by atoms with Gasteiger partial charge in [0.15, 0.2) is 26.8 Å². The maximum atomic E-state index is 13.3. The monoisotopic (exact) mass is 1910 g/mol. The number of carbonyl (C=O) groups excluding carboxylic acids is 7. The van der Waals surface area contributed by atoms with Crippen LogP contribution >= 0.6 is 35.3 Å². The van der Waals surface area contributed by atoms with Gasteiger partial charge in [-0.05, 0) is 188 Å². The molecular formula is C106H110O23S4Si. The molecular weight excluding hydrogens is 1800 g/mol. The Morgan fingerprint density at radius 2 is 0.537 bits per heavy atom. The zero-order valence-corrected chi connectivity index (χ0v) is 79.7. The lowest BCUT2D eigenvalue weighted by Crippen LogP contribution is -2.55. The lowest BCUT2D eigenvalue weighted by atomic mass is 10.00. The van der Waals surface area contributed by atoms with Crippen LogP contribution in [0.15, 0.2) is 353 Å². The summed E-state index contributed by atoms with van der Waals surface area (Å²) in [5.74, 6) is -3.42. The van der Waals surface area contributed by atoms with Crippen molar-refractivity contribution in [1.82, 2.24) is 0 Å². The van der Waals surface area contributed by atoms with E-state index in [1.807, 2.05) is 129 Å². The van der Waals surface area contributed by atoms with Gasteiger partial charge in [0.2, 0.25) is 0 Å². The quantitative estimate of drug-likeness (QED) is 0.0299. The summed E-state index contributed by atoms with van der Waals surface area (Å²) >= 11 is 4.78. The van der Waals surface area contributed by atoms with Crippen LogP contribution in [0, 0.1) is 0 Å². The molecule has 0 aliphatic carbocycles. The van der Waals surface area contributed by atoms with E-state index in [0.29, 0.717) is 63.1 Å². The summed E-state index contributed by atoms with van der Waals surface area (Å²) in [5.41, 5.74) is 1.66. The molecule has 16 rings (SSSR count). The summed E-state index contributed by atoms with van der Waals surface area (Å²) in [6, 6.07) is 100.0. The van der Waals surface area contributed by atoms with E-state index in [2.05, 4.69) is 31.8 Å². The number of carbonyl (C=O) groups is 7. The minimum atomic E-state index is -1.83. The zero-order valence-electron chi connectivity index (χ0n) is 75.4. The van der Waals surface area contributed by atoms with E-state index in [-0.39, 0.29) is 53.4 Å². The second-order valence-corrected chi connectivity index (χ2v) is 43.0. The Hall–Kier alpha value is -11.2. The molecule has 0 bridgehead atoms. The number of aliphatic hydroxyl groups is 1. The minimum Gasteiger partial charge on any atom is -0.456 e. The van der Waals surface area contributed by atoms with Crippen molar-refractivity contribution < 1.29 is 109 Å². The van der Waals surface area contributed by atoms with Crippen molar-refractivity contribution in [1.29, 1.82) is 0 Å². The van der Waals surface area contributed by atoms with Crippen molar-refractivity contribution >= 4 is 96.2 Å². The predicted molar refractivity (Wildman–Crippen MR) is 513 cm³/mol. The maximum absolute atomic E-state index is 13.3. The molecule has 0 radical (unpaired) electrons. The van der Waals surface area contributed by atoms with Crippen LogP contribution < -0.4 is 0 Å². The molecule has 21 atom stereocenters. The Morgan fingerprint density at radius 1 is 0.291 bits per heavy atom. The molecule has 28 heteroatoms. The number of esters is 7. The number of rotatable bonds is 26. The Balaban J connectivity index is 0.000000158. The number of benzene rings is 11. The minimum absolute atomic E-state index is 0.0560. The van der Waals surface area contributed by atoms with E-state index in [0.717, 1.165) is 14.7 Å². The van der Waals surface area contributed by atoms with Crippen LogP contribution in [0.5, 0.6) is 0 Å². The van der Waals surface area contributed by atoms with Gasteiger partial charge in [0.25, 0.3) is 0 Å². The molecule has 134 heavy (non-hydrogen) atoms. The lowest BCUT2D eigenvalue weighted by Gasteiger charge is -2.44. The van der Waals surface area contributed by atoms with Crippen molar-refractivity contribution in [3.05, 3.63) is 373 Å². The Kier molecular flexibility index (Phi) is 37.3. The SMILES string of the molecule is CC1OC(OC2C(C)OC(Sc3ccccc3)CC2OC(=O)c2ccccc2)CC(OC(=O)c2ccccc2)C1OC(=O)c1ccccc1.CC1OC(S(=O)c2ccccc2)CC(OC(=O)c2ccccc2)C1OC(=O)c1ccccc1.CC1OC(Sc2ccccc2)CC(OC(=O)c2ccccc2)C1O.CC1OC(Sc2ccccc2)CC(OC(=O)c2ccccc2)C1O[Si](C)(C)C. The first kappa shape index (κ1) is 100. The maximum Gasteiger partial charge on any atom is 0.338 e. The fourth-order valence-corrected chi connectivity index (χ4v) is 21.4. The summed E-state index contributed by atoms with van der Waals surface area (Å²) in [4.78, 5) is 93.9. The molecule has 700 valence electrons. The van der Waals surface area contributed by atoms with Crippen LogP contribution in [-0.4, -0.2) is 179 Å². The van der Waals surface area contributed by atoms with Crippen LogP contribution in [-0.2, 0) is 76.8 Å². The molecule has 0 aromatic heterocycles. The number of thioether (sulfide) groups is 3.